The fraction of sp³-hybridized carbons (Fsp3) is 0.417. The zero-order chi connectivity index (χ0) is 26.8. The van der Waals surface area contributed by atoms with E-state index in [2.05, 4.69) is 5.32 Å². The standard InChI is InChI=1S/C24H21ClF2N4O5S/c25-17-9-14(1-2-15(17)11-28)12-29-20(32)16-3-4-18-22(34)30(7-8-31(18)21(16)33)13-23(5-6-23)37(35,36)19-10-24(19,26)27/h1-4,9,19H,5-8,10,12-13H2,(H,29,32)/t19-/m1/s1. The number of nitriles is 1. The smallest absolute Gasteiger partial charge is 0.270 e. The van der Waals surface area contributed by atoms with Crippen molar-refractivity contribution >= 4 is 33.3 Å². The van der Waals surface area contributed by atoms with Crippen molar-refractivity contribution in [2.24, 2.45) is 0 Å². The fourth-order valence-corrected chi connectivity index (χ4v) is 7.43. The van der Waals surface area contributed by atoms with Gasteiger partial charge in [-0.15, -0.1) is 0 Å². The summed E-state index contributed by atoms with van der Waals surface area (Å²) in [4.78, 5) is 40.0. The maximum absolute atomic E-state index is 13.5. The zero-order valence-electron chi connectivity index (χ0n) is 19.3. The molecule has 0 unspecified atom stereocenters. The van der Waals surface area contributed by atoms with Gasteiger partial charge in [-0.25, -0.2) is 17.2 Å². The molecule has 2 fully saturated rings. The van der Waals surface area contributed by atoms with E-state index in [1.165, 1.54) is 29.2 Å². The number of fused-ring (bicyclic) bond motifs is 1. The lowest BCUT2D eigenvalue weighted by Crippen LogP contribution is -2.50. The van der Waals surface area contributed by atoms with Crippen molar-refractivity contribution in [2.45, 2.75) is 48.3 Å². The van der Waals surface area contributed by atoms with E-state index in [1.54, 1.807) is 6.07 Å². The summed E-state index contributed by atoms with van der Waals surface area (Å²) in [6, 6.07) is 9.16. The maximum Gasteiger partial charge on any atom is 0.270 e. The Morgan fingerprint density at radius 1 is 1.19 bits per heavy atom. The Morgan fingerprint density at radius 2 is 1.89 bits per heavy atom. The Labute approximate surface area is 215 Å². The van der Waals surface area contributed by atoms with Gasteiger partial charge in [0.05, 0.1) is 15.3 Å². The second kappa shape index (κ2) is 8.63. The van der Waals surface area contributed by atoms with Crippen LogP contribution in [-0.2, 0) is 22.9 Å². The summed E-state index contributed by atoms with van der Waals surface area (Å²) in [5, 5.41) is 10.1. The highest BCUT2D eigenvalue weighted by Gasteiger charge is 2.71. The SMILES string of the molecule is N#Cc1ccc(CNC(=O)c2ccc3n(c2=O)CCN(CC2(S(=O)(=O)[C@@H]4CC4(F)F)CC2)C3=O)cc1Cl. The Balaban J connectivity index is 1.29. The Bertz CT molecular complexity index is 1550. The lowest BCUT2D eigenvalue weighted by Gasteiger charge is -2.32. The highest BCUT2D eigenvalue weighted by Crippen LogP contribution is 2.56. The van der Waals surface area contributed by atoms with Gasteiger partial charge in [-0.1, -0.05) is 17.7 Å². The zero-order valence-corrected chi connectivity index (χ0v) is 20.9. The van der Waals surface area contributed by atoms with Crippen LogP contribution in [0.1, 0.15) is 51.2 Å². The van der Waals surface area contributed by atoms with E-state index in [4.69, 9.17) is 16.9 Å². The average Bonchev–Trinajstić information content (AvgIpc) is 3.76. The second-order valence-electron chi connectivity index (χ2n) is 9.61. The van der Waals surface area contributed by atoms with Crippen LogP contribution in [0.3, 0.4) is 0 Å². The summed E-state index contributed by atoms with van der Waals surface area (Å²) in [5.41, 5.74) is 0.0547. The van der Waals surface area contributed by atoms with Crippen LogP contribution in [0.15, 0.2) is 35.1 Å². The monoisotopic (exact) mass is 550 g/mol. The third kappa shape index (κ3) is 4.30. The summed E-state index contributed by atoms with van der Waals surface area (Å²) < 4.78 is 52.3. The van der Waals surface area contributed by atoms with Gasteiger partial charge >= 0.3 is 0 Å². The number of amides is 2. The molecule has 37 heavy (non-hydrogen) atoms. The number of sulfone groups is 1. The minimum atomic E-state index is -4.11. The highest BCUT2D eigenvalue weighted by atomic mass is 35.5. The van der Waals surface area contributed by atoms with E-state index >= 15 is 0 Å². The molecular weight excluding hydrogens is 530 g/mol. The average molecular weight is 551 g/mol. The first kappa shape index (κ1) is 25.4. The molecule has 0 bridgehead atoms. The molecule has 9 nitrogen and oxygen atoms in total. The molecule has 1 atom stereocenters. The van der Waals surface area contributed by atoms with E-state index in [-0.39, 0.29) is 55.3 Å². The van der Waals surface area contributed by atoms with Crippen LogP contribution in [-0.4, -0.2) is 58.7 Å². The molecule has 1 aromatic carbocycles. The van der Waals surface area contributed by atoms with Crippen molar-refractivity contribution in [3.8, 4) is 6.07 Å². The van der Waals surface area contributed by atoms with Gasteiger partial charge in [0.25, 0.3) is 23.3 Å². The summed E-state index contributed by atoms with van der Waals surface area (Å²) in [5.74, 6) is -4.47. The van der Waals surface area contributed by atoms with Crippen molar-refractivity contribution in [1.29, 1.82) is 5.26 Å². The highest BCUT2D eigenvalue weighted by molar-refractivity contribution is 7.94. The van der Waals surface area contributed by atoms with Gasteiger partial charge in [-0.05, 0) is 42.7 Å². The summed E-state index contributed by atoms with van der Waals surface area (Å²) >= 11 is 6.00. The number of benzene rings is 1. The van der Waals surface area contributed by atoms with Crippen molar-refractivity contribution in [3.05, 3.63) is 68.1 Å². The molecular formula is C24H21ClF2N4O5S. The van der Waals surface area contributed by atoms with Crippen LogP contribution in [0.2, 0.25) is 5.02 Å². The molecule has 2 amide bonds. The van der Waals surface area contributed by atoms with Crippen LogP contribution < -0.4 is 10.9 Å². The first-order chi connectivity index (χ1) is 17.4. The number of rotatable bonds is 7. The molecule has 2 heterocycles. The Morgan fingerprint density at radius 3 is 2.49 bits per heavy atom. The number of nitrogens with one attached hydrogen (secondary N) is 1. The number of carbonyl (C=O) groups is 2. The molecule has 0 radical (unpaired) electrons. The third-order valence-corrected chi connectivity index (χ3v) is 10.5. The van der Waals surface area contributed by atoms with Gasteiger partial charge in [0.1, 0.15) is 22.6 Å². The summed E-state index contributed by atoms with van der Waals surface area (Å²) in [6.07, 6.45) is -0.267. The van der Waals surface area contributed by atoms with Gasteiger partial charge in [0, 0.05) is 32.6 Å². The topological polar surface area (TPSA) is 129 Å². The van der Waals surface area contributed by atoms with Gasteiger partial charge in [-0.3, -0.25) is 14.4 Å². The first-order valence-corrected chi connectivity index (χ1v) is 13.4. The van der Waals surface area contributed by atoms with E-state index in [9.17, 15) is 31.6 Å². The number of hydrogen-bond acceptors (Lipinski definition) is 6. The van der Waals surface area contributed by atoms with E-state index < -0.39 is 49.6 Å². The van der Waals surface area contributed by atoms with Crippen LogP contribution in [0.5, 0.6) is 0 Å². The number of hydrogen-bond donors (Lipinski definition) is 1. The molecule has 1 N–H and O–H groups in total. The molecule has 3 aliphatic rings. The third-order valence-electron chi connectivity index (χ3n) is 7.16. The number of aromatic nitrogens is 1. The van der Waals surface area contributed by atoms with Gasteiger partial charge < -0.3 is 14.8 Å². The predicted molar refractivity (Wildman–Crippen MR) is 128 cm³/mol. The van der Waals surface area contributed by atoms with Crippen LogP contribution in [0.4, 0.5) is 8.78 Å². The molecule has 2 saturated carbocycles. The Kier molecular flexibility index (Phi) is 5.91. The normalized spacial score (nSPS) is 21.1. The number of halogens is 3. The quantitative estimate of drug-likeness (QED) is 0.562. The van der Waals surface area contributed by atoms with Crippen LogP contribution >= 0.6 is 11.6 Å². The molecule has 1 aromatic heterocycles. The van der Waals surface area contributed by atoms with Gasteiger partial charge in [0.15, 0.2) is 9.84 Å². The van der Waals surface area contributed by atoms with Crippen molar-refractivity contribution in [2.75, 3.05) is 13.1 Å². The van der Waals surface area contributed by atoms with E-state index in [0.717, 1.165) is 4.57 Å². The number of nitrogens with zero attached hydrogens (tertiary/aromatic N) is 3. The van der Waals surface area contributed by atoms with Gasteiger partial charge in [0.2, 0.25) is 0 Å². The maximum atomic E-state index is 13.5. The predicted octanol–water partition coefficient (Wildman–Crippen LogP) is 2.11. The number of pyridine rings is 1. The Hall–Kier alpha value is -3.30. The molecule has 0 saturated heterocycles. The minimum absolute atomic E-state index is 0.00313. The molecule has 2 aromatic rings. The van der Waals surface area contributed by atoms with Crippen LogP contribution in [0.25, 0.3) is 0 Å². The molecule has 0 spiro atoms. The molecule has 13 heteroatoms. The molecule has 1 aliphatic heterocycles. The lowest BCUT2D eigenvalue weighted by molar-refractivity contribution is 0.0694. The van der Waals surface area contributed by atoms with E-state index in [1.807, 2.05) is 6.07 Å². The minimum Gasteiger partial charge on any atom is -0.348 e. The molecule has 5 rings (SSSR count). The van der Waals surface area contributed by atoms with Crippen molar-refractivity contribution in [1.82, 2.24) is 14.8 Å². The largest absolute Gasteiger partial charge is 0.348 e. The lowest BCUT2D eigenvalue weighted by atomic mass is 10.1. The van der Waals surface area contributed by atoms with Crippen molar-refractivity contribution in [3.63, 3.8) is 0 Å². The molecule has 2 aliphatic carbocycles. The molecule has 194 valence electrons. The summed E-state index contributed by atoms with van der Waals surface area (Å²) in [7, 11) is -4.11. The van der Waals surface area contributed by atoms with Crippen LogP contribution in [0, 0.1) is 11.3 Å². The number of alkyl halides is 2. The number of carbonyl (C=O) groups excluding carboxylic acids is 2. The van der Waals surface area contributed by atoms with Crippen molar-refractivity contribution < 1.29 is 26.8 Å². The van der Waals surface area contributed by atoms with E-state index in [0.29, 0.717) is 11.1 Å². The van der Waals surface area contributed by atoms with Gasteiger partial charge in [-0.2, -0.15) is 5.26 Å². The first-order valence-electron chi connectivity index (χ1n) is 11.5. The second-order valence-corrected chi connectivity index (χ2v) is 12.5. The summed E-state index contributed by atoms with van der Waals surface area (Å²) in [6.45, 7) is -0.111. The fourth-order valence-electron chi connectivity index (χ4n) is 4.68.